The fraction of sp³-hybridized carbons (Fsp3) is 0.286. The van der Waals surface area contributed by atoms with Crippen molar-refractivity contribution in [3.05, 3.63) is 12.2 Å². The Hall–Kier alpha value is -1.63. The molecule has 0 radical (unpaired) electrons. The van der Waals surface area contributed by atoms with Gasteiger partial charge in [0.05, 0.1) is 0 Å². The van der Waals surface area contributed by atoms with Crippen molar-refractivity contribution < 1.29 is 0 Å². The molecule has 11 heavy (non-hydrogen) atoms. The maximum absolute atomic E-state index is 5.00. The fourth-order valence-electron chi connectivity index (χ4n) is 0.592. The van der Waals surface area contributed by atoms with Crippen LogP contribution in [-0.2, 0) is 0 Å². The molecule has 4 heteroatoms. The van der Waals surface area contributed by atoms with Crippen LogP contribution in [0.1, 0.15) is 5.82 Å². The third kappa shape index (κ3) is 1.90. The van der Waals surface area contributed by atoms with Crippen molar-refractivity contribution in [3.63, 3.8) is 0 Å². The molecular weight excluding hydrogens is 140 g/mol. The molecule has 0 saturated carbocycles. The predicted octanol–water partition coefficient (Wildman–Crippen LogP) is 0.0961. The Labute approximate surface area is 65.0 Å². The molecule has 1 heterocycles. The second-order valence-corrected chi connectivity index (χ2v) is 1.91. The van der Waals surface area contributed by atoms with Gasteiger partial charge in [0.25, 0.3) is 0 Å². The highest BCUT2D eigenvalue weighted by Gasteiger charge is 1.90. The van der Waals surface area contributed by atoms with Gasteiger partial charge < -0.3 is 0 Å². The normalized spacial score (nSPS) is 10.2. The molecule has 0 amide bonds. The van der Waals surface area contributed by atoms with Crippen molar-refractivity contribution >= 4 is 6.34 Å². The fourth-order valence-corrected chi connectivity index (χ4v) is 0.592. The summed E-state index contributed by atoms with van der Waals surface area (Å²) in [7, 11) is 0. The van der Waals surface area contributed by atoms with E-state index in [1.807, 2.05) is 6.92 Å². The van der Waals surface area contributed by atoms with E-state index in [1.165, 1.54) is 6.33 Å². The average molecular weight is 148 g/mol. The number of aliphatic imine (C=N–C) groups is 1. The standard InChI is InChI=1S/C7H8N4/c1-3-4-8-6-11-7(2)9-5-10-11/h1,5-6H,4H2,2H3. The van der Waals surface area contributed by atoms with E-state index < -0.39 is 0 Å². The summed E-state index contributed by atoms with van der Waals surface area (Å²) in [5.74, 6) is 3.19. The average Bonchev–Trinajstić information content (AvgIpc) is 2.37. The van der Waals surface area contributed by atoms with Gasteiger partial charge in [-0.05, 0) is 6.92 Å². The maximum atomic E-state index is 5.00. The molecule has 0 spiro atoms. The molecule has 0 saturated heterocycles. The van der Waals surface area contributed by atoms with Crippen LogP contribution in [0.4, 0.5) is 0 Å². The molecule has 0 atom stereocenters. The third-order valence-electron chi connectivity index (χ3n) is 1.13. The summed E-state index contributed by atoms with van der Waals surface area (Å²) in [6.07, 6.45) is 8.02. The molecule has 0 fully saturated rings. The van der Waals surface area contributed by atoms with Crippen LogP contribution in [0.5, 0.6) is 0 Å². The van der Waals surface area contributed by atoms with Gasteiger partial charge in [0.15, 0.2) is 0 Å². The van der Waals surface area contributed by atoms with Crippen LogP contribution in [0, 0.1) is 19.3 Å². The first kappa shape index (κ1) is 7.48. The van der Waals surface area contributed by atoms with Crippen LogP contribution in [-0.4, -0.2) is 27.6 Å². The summed E-state index contributed by atoms with van der Waals surface area (Å²) in [5, 5.41) is 3.88. The Kier molecular flexibility index (Phi) is 2.39. The minimum atomic E-state index is 0.374. The van der Waals surface area contributed by atoms with E-state index in [0.717, 1.165) is 5.82 Å². The van der Waals surface area contributed by atoms with Gasteiger partial charge in [-0.1, -0.05) is 5.92 Å². The minimum absolute atomic E-state index is 0.374. The van der Waals surface area contributed by atoms with Crippen molar-refractivity contribution in [3.8, 4) is 12.3 Å². The lowest BCUT2D eigenvalue weighted by Crippen LogP contribution is -2.00. The lowest BCUT2D eigenvalue weighted by Gasteiger charge is -1.89. The number of terminal acetylenes is 1. The SMILES string of the molecule is C#CCN=Cn1ncnc1C. The summed E-state index contributed by atoms with van der Waals surface area (Å²) in [4.78, 5) is 7.80. The van der Waals surface area contributed by atoms with Crippen molar-refractivity contribution in [2.24, 2.45) is 4.99 Å². The van der Waals surface area contributed by atoms with Gasteiger partial charge in [0.1, 0.15) is 25.0 Å². The quantitative estimate of drug-likeness (QED) is 0.339. The molecule has 0 aliphatic rings. The Balaban J connectivity index is 2.65. The zero-order valence-electron chi connectivity index (χ0n) is 6.23. The molecule has 0 aliphatic carbocycles. The lowest BCUT2D eigenvalue weighted by atomic mass is 10.7. The second-order valence-electron chi connectivity index (χ2n) is 1.91. The molecule has 0 aliphatic heterocycles. The molecule has 1 rings (SSSR count). The highest BCUT2D eigenvalue weighted by Crippen LogP contribution is 1.84. The largest absolute Gasteiger partial charge is 0.260 e. The van der Waals surface area contributed by atoms with E-state index >= 15 is 0 Å². The van der Waals surface area contributed by atoms with Gasteiger partial charge in [-0.15, -0.1) is 6.42 Å². The molecule has 0 bridgehead atoms. The van der Waals surface area contributed by atoms with Crippen LogP contribution in [0.25, 0.3) is 0 Å². The molecule has 4 nitrogen and oxygen atoms in total. The number of nitrogens with zero attached hydrogens (tertiary/aromatic N) is 4. The van der Waals surface area contributed by atoms with Crippen LogP contribution in [0.2, 0.25) is 0 Å². The van der Waals surface area contributed by atoms with Gasteiger partial charge in [-0.3, -0.25) is 4.99 Å². The van der Waals surface area contributed by atoms with E-state index in [2.05, 4.69) is 21.0 Å². The van der Waals surface area contributed by atoms with E-state index in [1.54, 1.807) is 11.0 Å². The summed E-state index contributed by atoms with van der Waals surface area (Å²) < 4.78 is 1.57. The maximum Gasteiger partial charge on any atom is 0.138 e. The number of hydrogen-bond acceptors (Lipinski definition) is 3. The predicted molar refractivity (Wildman–Crippen MR) is 42.3 cm³/mol. The van der Waals surface area contributed by atoms with Crippen molar-refractivity contribution in [2.75, 3.05) is 6.54 Å². The number of aromatic nitrogens is 3. The smallest absolute Gasteiger partial charge is 0.138 e. The van der Waals surface area contributed by atoms with E-state index in [0.29, 0.717) is 6.54 Å². The lowest BCUT2D eigenvalue weighted by molar-refractivity contribution is 0.905. The van der Waals surface area contributed by atoms with Gasteiger partial charge >= 0.3 is 0 Å². The second kappa shape index (κ2) is 3.52. The number of hydrogen-bond donors (Lipinski definition) is 0. The van der Waals surface area contributed by atoms with Gasteiger partial charge in [-0.25, -0.2) is 9.67 Å². The molecule has 1 aromatic rings. The van der Waals surface area contributed by atoms with E-state index in [4.69, 9.17) is 6.42 Å². The van der Waals surface area contributed by atoms with Crippen LogP contribution in [0.15, 0.2) is 11.3 Å². The number of aryl methyl sites for hydroxylation is 1. The Bertz CT molecular complexity index is 292. The summed E-state index contributed by atoms with van der Waals surface area (Å²) in [6.45, 7) is 2.22. The zero-order chi connectivity index (χ0) is 8.10. The zero-order valence-corrected chi connectivity index (χ0v) is 6.23. The Morgan fingerprint density at radius 1 is 1.91 bits per heavy atom. The molecule has 0 unspecified atom stereocenters. The van der Waals surface area contributed by atoms with Crippen LogP contribution >= 0.6 is 0 Å². The van der Waals surface area contributed by atoms with Crippen LogP contribution in [0.3, 0.4) is 0 Å². The molecule has 0 N–H and O–H groups in total. The minimum Gasteiger partial charge on any atom is -0.260 e. The summed E-state index contributed by atoms with van der Waals surface area (Å²) in [5.41, 5.74) is 0. The molecule has 56 valence electrons. The summed E-state index contributed by atoms with van der Waals surface area (Å²) in [6, 6.07) is 0. The first-order chi connectivity index (χ1) is 5.34. The summed E-state index contributed by atoms with van der Waals surface area (Å²) >= 11 is 0. The molecular formula is C7H8N4. The van der Waals surface area contributed by atoms with Gasteiger partial charge in [-0.2, -0.15) is 5.10 Å². The van der Waals surface area contributed by atoms with Crippen LogP contribution < -0.4 is 0 Å². The highest BCUT2D eigenvalue weighted by molar-refractivity contribution is 5.57. The highest BCUT2D eigenvalue weighted by atomic mass is 15.3. The van der Waals surface area contributed by atoms with Crippen molar-refractivity contribution in [1.82, 2.24) is 14.8 Å². The van der Waals surface area contributed by atoms with E-state index in [-0.39, 0.29) is 0 Å². The third-order valence-corrected chi connectivity index (χ3v) is 1.13. The Morgan fingerprint density at radius 3 is 3.27 bits per heavy atom. The Morgan fingerprint density at radius 2 is 2.73 bits per heavy atom. The number of rotatable bonds is 2. The first-order valence-electron chi connectivity index (χ1n) is 3.14. The van der Waals surface area contributed by atoms with Gasteiger partial charge in [0.2, 0.25) is 0 Å². The first-order valence-corrected chi connectivity index (χ1v) is 3.14. The monoisotopic (exact) mass is 148 g/mol. The van der Waals surface area contributed by atoms with Gasteiger partial charge in [0, 0.05) is 0 Å². The molecule has 0 aromatic carbocycles. The molecule has 1 aromatic heterocycles. The van der Waals surface area contributed by atoms with Crippen molar-refractivity contribution in [1.29, 1.82) is 0 Å². The topological polar surface area (TPSA) is 43.1 Å². The van der Waals surface area contributed by atoms with Crippen molar-refractivity contribution in [2.45, 2.75) is 6.92 Å². The van der Waals surface area contributed by atoms with E-state index in [9.17, 15) is 0 Å².